The molecule has 0 amide bonds. The zero-order chi connectivity index (χ0) is 36.3. The number of thiophene rings is 1. The molecule has 0 radical (unpaired) electrons. The second-order valence-electron chi connectivity index (χ2n) is 17.2. The molecule has 7 aromatic rings. The average molecular weight is 705 g/mol. The lowest BCUT2D eigenvalue weighted by atomic mass is 9.32. The summed E-state index contributed by atoms with van der Waals surface area (Å²) in [5.74, 6) is 0. The van der Waals surface area contributed by atoms with Crippen LogP contribution in [0.4, 0.5) is 34.1 Å². The van der Waals surface area contributed by atoms with Crippen molar-refractivity contribution in [3.05, 3.63) is 162 Å². The summed E-state index contributed by atoms with van der Waals surface area (Å²) in [7, 11) is 0. The van der Waals surface area contributed by atoms with E-state index in [1.807, 2.05) is 11.3 Å². The van der Waals surface area contributed by atoms with E-state index in [0.717, 1.165) is 17.1 Å². The van der Waals surface area contributed by atoms with Crippen molar-refractivity contribution in [3.63, 3.8) is 0 Å². The van der Waals surface area contributed by atoms with Crippen LogP contribution in [-0.2, 0) is 16.2 Å². The molecular weight excluding hydrogens is 659 g/mol. The topological polar surface area (TPSA) is 6.48 Å². The Morgan fingerprint density at radius 3 is 1.81 bits per heavy atom. The van der Waals surface area contributed by atoms with Gasteiger partial charge in [0, 0.05) is 48.7 Å². The third kappa shape index (κ3) is 4.77. The van der Waals surface area contributed by atoms with Crippen molar-refractivity contribution in [1.82, 2.24) is 0 Å². The van der Waals surface area contributed by atoms with Crippen LogP contribution in [0.5, 0.6) is 0 Å². The standard InChI is InChI=1S/C49H45BN2S/c1-47(2)27-28-48(3,4)39-31-41-40(30-38(39)47)49(5,6)37-23-16-24-42-44(37)50(41)46-45(52(42)34-21-14-9-15-22-34)36-29-35(25-26-43(36)53-46)51(32-17-10-7-11-18-32)33-19-12-8-13-20-33/h7-26,29-31H,27-28H2,1-6H3. The van der Waals surface area contributed by atoms with E-state index in [9.17, 15) is 0 Å². The smallest absolute Gasteiger partial charge is 0.260 e. The van der Waals surface area contributed by atoms with Gasteiger partial charge in [0.25, 0.3) is 6.71 Å². The summed E-state index contributed by atoms with van der Waals surface area (Å²) >= 11 is 1.99. The minimum atomic E-state index is -0.139. The molecule has 3 aliphatic rings. The maximum Gasteiger partial charge on any atom is 0.260 e. The van der Waals surface area contributed by atoms with Crippen molar-refractivity contribution in [2.75, 3.05) is 9.80 Å². The van der Waals surface area contributed by atoms with E-state index in [0.29, 0.717) is 0 Å². The second-order valence-corrected chi connectivity index (χ2v) is 18.3. The van der Waals surface area contributed by atoms with Gasteiger partial charge in [-0.1, -0.05) is 126 Å². The van der Waals surface area contributed by atoms with Crippen molar-refractivity contribution < 1.29 is 0 Å². The maximum absolute atomic E-state index is 2.67. The molecule has 2 aliphatic heterocycles. The molecule has 3 heterocycles. The fourth-order valence-electron chi connectivity index (χ4n) is 9.80. The molecule has 1 aliphatic carbocycles. The quantitative estimate of drug-likeness (QED) is 0.168. The highest BCUT2D eigenvalue weighted by atomic mass is 32.1. The van der Waals surface area contributed by atoms with Crippen LogP contribution < -0.4 is 25.5 Å². The van der Waals surface area contributed by atoms with Crippen LogP contribution in [0, 0.1) is 0 Å². The number of fused-ring (bicyclic) bond motifs is 7. The first-order chi connectivity index (χ1) is 25.5. The summed E-state index contributed by atoms with van der Waals surface area (Å²) < 4.78 is 2.76. The minimum absolute atomic E-state index is 0.130. The van der Waals surface area contributed by atoms with Gasteiger partial charge in [0.05, 0.1) is 5.69 Å². The third-order valence-electron chi connectivity index (χ3n) is 12.8. The van der Waals surface area contributed by atoms with Crippen LogP contribution >= 0.6 is 11.3 Å². The molecule has 0 N–H and O–H groups in total. The molecule has 0 bridgehead atoms. The average Bonchev–Trinajstić information content (AvgIpc) is 3.54. The van der Waals surface area contributed by atoms with E-state index in [2.05, 4.69) is 191 Å². The molecule has 0 spiro atoms. The van der Waals surface area contributed by atoms with E-state index in [1.54, 1.807) is 11.1 Å². The van der Waals surface area contributed by atoms with Crippen LogP contribution in [0.15, 0.2) is 140 Å². The molecule has 2 nitrogen and oxygen atoms in total. The number of rotatable bonds is 4. The lowest BCUT2D eigenvalue weighted by Crippen LogP contribution is -2.63. The molecule has 4 heteroatoms. The largest absolute Gasteiger partial charge is 0.310 e. The van der Waals surface area contributed by atoms with Crippen LogP contribution in [0.3, 0.4) is 0 Å². The van der Waals surface area contributed by atoms with Crippen LogP contribution in [0.25, 0.3) is 10.1 Å². The number of benzene rings is 6. The van der Waals surface area contributed by atoms with Gasteiger partial charge < -0.3 is 9.80 Å². The van der Waals surface area contributed by atoms with Gasteiger partial charge in [-0.3, -0.25) is 0 Å². The molecule has 10 rings (SSSR count). The highest BCUT2D eigenvalue weighted by Crippen LogP contribution is 2.51. The number of nitrogens with zero attached hydrogens (tertiary/aromatic N) is 2. The Kier molecular flexibility index (Phi) is 7.05. The Bertz CT molecular complexity index is 2510. The Hall–Kier alpha value is -5.06. The van der Waals surface area contributed by atoms with Crippen molar-refractivity contribution in [2.45, 2.75) is 70.6 Å². The van der Waals surface area contributed by atoms with Crippen LogP contribution in [0.2, 0.25) is 0 Å². The van der Waals surface area contributed by atoms with Gasteiger partial charge in [-0.15, -0.1) is 11.3 Å². The predicted molar refractivity (Wildman–Crippen MR) is 230 cm³/mol. The monoisotopic (exact) mass is 704 g/mol. The third-order valence-corrected chi connectivity index (χ3v) is 14.0. The lowest BCUT2D eigenvalue weighted by molar-refractivity contribution is 0.331. The number of hydrogen-bond donors (Lipinski definition) is 0. The molecule has 0 saturated carbocycles. The molecule has 53 heavy (non-hydrogen) atoms. The molecule has 0 atom stereocenters. The number of anilines is 6. The molecule has 0 fully saturated rings. The van der Waals surface area contributed by atoms with Crippen LogP contribution in [0.1, 0.15) is 76.6 Å². The first-order valence-corrected chi connectivity index (χ1v) is 20.0. The highest BCUT2D eigenvalue weighted by molar-refractivity contribution is 7.33. The fraction of sp³-hybridized carbons (Fsp3) is 0.224. The fourth-order valence-corrected chi connectivity index (χ4v) is 11.1. The summed E-state index contributed by atoms with van der Waals surface area (Å²) in [4.78, 5) is 4.97. The first-order valence-electron chi connectivity index (χ1n) is 19.2. The number of hydrogen-bond acceptors (Lipinski definition) is 3. The minimum Gasteiger partial charge on any atom is -0.310 e. The Labute approximate surface area is 318 Å². The van der Waals surface area contributed by atoms with Gasteiger partial charge in [-0.2, -0.15) is 0 Å². The molecule has 6 aromatic carbocycles. The van der Waals surface area contributed by atoms with E-state index >= 15 is 0 Å². The van der Waals surface area contributed by atoms with Crippen LogP contribution in [-0.4, -0.2) is 6.71 Å². The van der Waals surface area contributed by atoms with Gasteiger partial charge in [-0.05, 0) is 112 Å². The van der Waals surface area contributed by atoms with Crippen molar-refractivity contribution in [3.8, 4) is 0 Å². The van der Waals surface area contributed by atoms with Crippen molar-refractivity contribution >= 4 is 78.0 Å². The summed E-state index contributed by atoms with van der Waals surface area (Å²) in [6.45, 7) is 14.9. The summed E-state index contributed by atoms with van der Waals surface area (Å²) in [5.41, 5.74) is 16.4. The molecule has 0 unspecified atom stereocenters. The SMILES string of the molecule is CC1(C)CCC(C)(C)c2cc3c(cc21)B1c2sc4ccc(N(c5ccccc5)c5ccccc5)cc4c2N(c2ccccc2)c2cccc(c21)C3(C)C. The first kappa shape index (κ1) is 32.6. The summed E-state index contributed by atoms with van der Waals surface area (Å²) in [5, 5.41) is 1.30. The zero-order valence-electron chi connectivity index (χ0n) is 31.6. The van der Waals surface area contributed by atoms with Gasteiger partial charge in [0.15, 0.2) is 0 Å². The van der Waals surface area contributed by atoms with Crippen molar-refractivity contribution in [2.24, 2.45) is 0 Å². The zero-order valence-corrected chi connectivity index (χ0v) is 32.4. The molecule has 260 valence electrons. The van der Waals surface area contributed by atoms with E-state index in [1.165, 1.54) is 66.8 Å². The van der Waals surface area contributed by atoms with Crippen molar-refractivity contribution in [1.29, 1.82) is 0 Å². The molecule has 0 saturated heterocycles. The highest BCUT2D eigenvalue weighted by Gasteiger charge is 2.49. The van der Waals surface area contributed by atoms with Gasteiger partial charge in [-0.25, -0.2) is 0 Å². The van der Waals surface area contributed by atoms with Gasteiger partial charge >= 0.3 is 0 Å². The van der Waals surface area contributed by atoms with E-state index < -0.39 is 0 Å². The summed E-state index contributed by atoms with van der Waals surface area (Å²) in [6.07, 6.45) is 2.42. The molecular formula is C49H45BN2S. The second kappa shape index (κ2) is 11.5. The normalized spacial score (nSPS) is 17.1. The van der Waals surface area contributed by atoms with E-state index in [4.69, 9.17) is 0 Å². The summed E-state index contributed by atoms with van der Waals surface area (Å²) in [6, 6.07) is 52.1. The maximum atomic E-state index is 2.67. The Morgan fingerprint density at radius 2 is 1.17 bits per heavy atom. The Morgan fingerprint density at radius 1 is 0.566 bits per heavy atom. The van der Waals surface area contributed by atoms with Gasteiger partial charge in [0.1, 0.15) is 0 Å². The van der Waals surface area contributed by atoms with E-state index in [-0.39, 0.29) is 23.0 Å². The van der Waals surface area contributed by atoms with Gasteiger partial charge in [0.2, 0.25) is 0 Å². The predicted octanol–water partition coefficient (Wildman–Crippen LogP) is 11.7. The Balaban J connectivity index is 1.28. The number of para-hydroxylation sites is 3. The lowest BCUT2D eigenvalue weighted by Gasteiger charge is -2.47. The molecule has 1 aromatic heterocycles.